The molecular weight excluding hydrogens is 279 g/mol. The first-order valence-electron chi connectivity index (χ1n) is 7.37. The van der Waals surface area contributed by atoms with Gasteiger partial charge in [-0.15, -0.1) is 0 Å². The van der Waals surface area contributed by atoms with E-state index in [2.05, 4.69) is 11.3 Å². The van der Waals surface area contributed by atoms with Gasteiger partial charge in [0.15, 0.2) is 0 Å². The third-order valence-corrected chi connectivity index (χ3v) is 4.21. The molecule has 1 fully saturated rings. The first kappa shape index (κ1) is 13.3. The van der Waals surface area contributed by atoms with Crippen LogP contribution in [0.3, 0.4) is 0 Å². The predicted octanol–water partition coefficient (Wildman–Crippen LogP) is 0.620. The summed E-state index contributed by atoms with van der Waals surface area (Å²) in [7, 11) is 0. The topological polar surface area (TPSA) is 68.1 Å². The van der Waals surface area contributed by atoms with E-state index < -0.39 is 6.69 Å². The van der Waals surface area contributed by atoms with Crippen LogP contribution >= 0.6 is 0 Å². The summed E-state index contributed by atoms with van der Waals surface area (Å²) in [5.41, 5.74) is 2.86. The minimum atomic E-state index is -1.36. The van der Waals surface area contributed by atoms with Crippen molar-refractivity contribution in [2.24, 2.45) is 0 Å². The normalized spacial score (nSPS) is 22.5. The Balaban J connectivity index is 1.58. The number of hydrogen-bond donors (Lipinski definition) is 1. The Morgan fingerprint density at radius 3 is 2.64 bits per heavy atom. The number of quaternary nitrogens is 1. The van der Waals surface area contributed by atoms with Gasteiger partial charge < -0.3 is 19.3 Å². The molecule has 1 unspecified atom stereocenters. The van der Waals surface area contributed by atoms with Gasteiger partial charge in [0.25, 0.3) is 0 Å². The molecule has 0 bridgehead atoms. The summed E-state index contributed by atoms with van der Waals surface area (Å²) in [5.74, 6) is 1.47. The van der Waals surface area contributed by atoms with E-state index in [-0.39, 0.29) is 0 Å². The second-order valence-corrected chi connectivity index (χ2v) is 5.58. The summed E-state index contributed by atoms with van der Waals surface area (Å²) in [5, 5.41) is 11.0. The maximum Gasteiger partial charge on any atom is 0.500 e. The van der Waals surface area contributed by atoms with Crippen molar-refractivity contribution >= 4 is 12.1 Å². The van der Waals surface area contributed by atoms with Gasteiger partial charge in [-0.3, -0.25) is 0 Å². The van der Waals surface area contributed by atoms with Gasteiger partial charge in [0, 0.05) is 6.61 Å². The SMILES string of the molecule is N#Cc1ccc(Oc2ccc3c(c2)CO[B-]32[NH2+]CCO2)cc1. The van der Waals surface area contributed by atoms with Crippen molar-refractivity contribution in [3.8, 4) is 17.6 Å². The van der Waals surface area contributed by atoms with Crippen LogP contribution in [0, 0.1) is 11.3 Å². The van der Waals surface area contributed by atoms with Gasteiger partial charge in [-0.05, 0) is 42.0 Å². The molecular formula is C16H15BN2O3. The Morgan fingerprint density at radius 2 is 1.91 bits per heavy atom. The third kappa shape index (κ3) is 2.16. The molecule has 2 aliphatic heterocycles. The summed E-state index contributed by atoms with van der Waals surface area (Å²) >= 11 is 0. The third-order valence-electron chi connectivity index (χ3n) is 4.21. The van der Waals surface area contributed by atoms with Gasteiger partial charge in [0.2, 0.25) is 0 Å². The van der Waals surface area contributed by atoms with Crippen LogP contribution in [0.25, 0.3) is 0 Å². The van der Waals surface area contributed by atoms with E-state index in [0.29, 0.717) is 17.9 Å². The fourth-order valence-corrected chi connectivity index (χ4v) is 3.13. The molecule has 4 rings (SSSR count). The molecule has 22 heavy (non-hydrogen) atoms. The number of nitrogens with two attached hydrogens (primary N) is 1. The predicted molar refractivity (Wildman–Crippen MR) is 80.6 cm³/mol. The fourth-order valence-electron chi connectivity index (χ4n) is 3.13. The van der Waals surface area contributed by atoms with E-state index in [1.165, 1.54) is 0 Å². The Kier molecular flexibility index (Phi) is 3.12. The first-order chi connectivity index (χ1) is 10.8. The molecule has 0 aromatic heterocycles. The molecule has 2 heterocycles. The lowest BCUT2D eigenvalue weighted by Gasteiger charge is -2.24. The molecule has 110 valence electrons. The van der Waals surface area contributed by atoms with Gasteiger partial charge in [-0.1, -0.05) is 11.5 Å². The molecule has 0 amide bonds. The van der Waals surface area contributed by atoms with Crippen molar-refractivity contribution < 1.29 is 19.3 Å². The molecule has 6 heteroatoms. The van der Waals surface area contributed by atoms with Gasteiger partial charge in [-0.25, -0.2) is 0 Å². The molecule has 0 aliphatic carbocycles. The lowest BCUT2D eigenvalue weighted by atomic mass is 9.65. The second-order valence-electron chi connectivity index (χ2n) is 5.58. The summed E-state index contributed by atoms with van der Waals surface area (Å²) in [6, 6.07) is 15.1. The molecule has 1 spiro atoms. The Hall–Kier alpha value is -2.33. The smallest absolute Gasteiger partial charge is 0.500 e. The van der Waals surface area contributed by atoms with Crippen LogP contribution in [-0.4, -0.2) is 19.8 Å². The standard InChI is InChI=1S/C16H15BN2O3/c18-10-12-1-3-14(4-2-12)22-15-5-6-16-13(9-15)11-21-17(16)19-7-8-20-17/h1-6,9H,7-8,11,19H2. The number of benzene rings is 2. The minimum absolute atomic E-state index is 0.552. The molecule has 0 saturated carbocycles. The maximum absolute atomic E-state index is 8.81. The van der Waals surface area contributed by atoms with Crippen LogP contribution in [0.15, 0.2) is 42.5 Å². The Morgan fingerprint density at radius 1 is 1.09 bits per heavy atom. The highest BCUT2D eigenvalue weighted by Crippen LogP contribution is 2.26. The van der Waals surface area contributed by atoms with E-state index in [0.717, 1.165) is 29.9 Å². The number of rotatable bonds is 2. The average molecular weight is 294 g/mol. The van der Waals surface area contributed by atoms with Crippen molar-refractivity contribution in [2.75, 3.05) is 13.2 Å². The van der Waals surface area contributed by atoms with Crippen molar-refractivity contribution in [1.82, 2.24) is 0 Å². The highest BCUT2D eigenvalue weighted by atomic mass is 16.6. The lowest BCUT2D eigenvalue weighted by Crippen LogP contribution is -3.01. The molecule has 1 atom stereocenters. The second kappa shape index (κ2) is 5.14. The van der Waals surface area contributed by atoms with E-state index in [4.69, 9.17) is 19.3 Å². The zero-order valence-corrected chi connectivity index (χ0v) is 12.0. The van der Waals surface area contributed by atoms with E-state index in [1.54, 1.807) is 24.3 Å². The molecule has 2 aromatic carbocycles. The summed E-state index contributed by atoms with van der Waals surface area (Å²) in [6.07, 6.45) is 0. The molecule has 1 saturated heterocycles. The van der Waals surface area contributed by atoms with Gasteiger partial charge in [0.1, 0.15) is 11.5 Å². The number of nitrogens with zero attached hydrogens (tertiary/aromatic N) is 1. The zero-order valence-electron chi connectivity index (χ0n) is 12.0. The Bertz CT molecular complexity index is 749. The monoisotopic (exact) mass is 294 g/mol. The number of ether oxygens (including phenoxy) is 1. The molecule has 2 aromatic rings. The molecule has 0 radical (unpaired) electrons. The van der Waals surface area contributed by atoms with Crippen LogP contribution in [0.5, 0.6) is 11.5 Å². The average Bonchev–Trinajstić information content (AvgIpc) is 3.17. The zero-order chi connectivity index (χ0) is 15.0. The highest BCUT2D eigenvalue weighted by Gasteiger charge is 2.46. The van der Waals surface area contributed by atoms with E-state index in [9.17, 15) is 0 Å². The Labute approximate surface area is 128 Å². The van der Waals surface area contributed by atoms with Crippen molar-refractivity contribution in [3.05, 3.63) is 53.6 Å². The van der Waals surface area contributed by atoms with Crippen LogP contribution in [-0.2, 0) is 15.9 Å². The van der Waals surface area contributed by atoms with E-state index >= 15 is 0 Å². The largest absolute Gasteiger partial charge is 0.506 e. The van der Waals surface area contributed by atoms with Crippen molar-refractivity contribution in [2.45, 2.75) is 6.61 Å². The number of fused-ring (bicyclic) bond motifs is 2. The van der Waals surface area contributed by atoms with Gasteiger partial charge in [-0.2, -0.15) is 5.26 Å². The first-order valence-corrected chi connectivity index (χ1v) is 7.37. The van der Waals surface area contributed by atoms with Crippen LogP contribution < -0.4 is 15.4 Å². The van der Waals surface area contributed by atoms with Crippen LogP contribution in [0.2, 0.25) is 0 Å². The lowest BCUT2D eigenvalue weighted by molar-refractivity contribution is -0.531. The summed E-state index contributed by atoms with van der Waals surface area (Å²) in [4.78, 5) is 0. The van der Waals surface area contributed by atoms with E-state index in [1.807, 2.05) is 18.2 Å². The maximum atomic E-state index is 8.81. The molecule has 5 nitrogen and oxygen atoms in total. The quantitative estimate of drug-likeness (QED) is 0.825. The van der Waals surface area contributed by atoms with Crippen LogP contribution in [0.1, 0.15) is 11.1 Å². The summed E-state index contributed by atoms with van der Waals surface area (Å²) < 4.78 is 17.6. The number of nitriles is 1. The summed E-state index contributed by atoms with van der Waals surface area (Å²) in [6.45, 7) is 0.848. The van der Waals surface area contributed by atoms with Crippen molar-refractivity contribution in [3.63, 3.8) is 0 Å². The highest BCUT2D eigenvalue weighted by molar-refractivity contribution is 6.74. The molecule has 2 aliphatic rings. The molecule has 2 N–H and O–H groups in total. The van der Waals surface area contributed by atoms with Gasteiger partial charge >= 0.3 is 6.69 Å². The number of hydrogen-bond acceptors (Lipinski definition) is 4. The van der Waals surface area contributed by atoms with Crippen LogP contribution in [0.4, 0.5) is 0 Å². The van der Waals surface area contributed by atoms with Gasteiger partial charge in [0.05, 0.1) is 24.8 Å². The minimum Gasteiger partial charge on any atom is -0.506 e. The van der Waals surface area contributed by atoms with Crippen molar-refractivity contribution in [1.29, 1.82) is 5.26 Å². The fraction of sp³-hybridized carbons (Fsp3) is 0.188.